The van der Waals surface area contributed by atoms with Crippen molar-refractivity contribution in [2.24, 2.45) is 0 Å². The van der Waals surface area contributed by atoms with Crippen molar-refractivity contribution < 1.29 is 9.47 Å². The minimum absolute atomic E-state index is 0.460. The van der Waals surface area contributed by atoms with Crippen molar-refractivity contribution in [3.63, 3.8) is 0 Å². The highest BCUT2D eigenvalue weighted by atomic mass is 35.5. The van der Waals surface area contributed by atoms with Gasteiger partial charge >= 0.3 is 0 Å². The lowest BCUT2D eigenvalue weighted by Crippen LogP contribution is -2.31. The topological polar surface area (TPSA) is 60.6 Å². The Morgan fingerprint density at radius 2 is 2.00 bits per heavy atom. The second-order valence-electron chi connectivity index (χ2n) is 6.15. The SMILES string of the molecule is COc1cc2c(Cl)c(N)cnc2cc1OCCCN1CCCCC1. The highest BCUT2D eigenvalue weighted by Gasteiger charge is 2.13. The molecular weight excluding hydrogens is 326 g/mol. The molecule has 0 bridgehead atoms. The number of hydrogen-bond acceptors (Lipinski definition) is 5. The zero-order chi connectivity index (χ0) is 16.9. The van der Waals surface area contributed by atoms with Crippen molar-refractivity contribution in [2.45, 2.75) is 25.7 Å². The average Bonchev–Trinajstić information content (AvgIpc) is 2.62. The summed E-state index contributed by atoms with van der Waals surface area (Å²) >= 11 is 6.25. The standard InChI is InChI=1S/C18H24ClN3O2/c1-23-16-10-13-15(21-12-14(20)18(13)19)11-17(16)24-9-5-8-22-6-3-2-4-7-22/h10-12H,2-9,20H2,1H3. The number of likely N-dealkylation sites (tertiary alicyclic amines) is 1. The summed E-state index contributed by atoms with van der Waals surface area (Å²) in [4.78, 5) is 6.83. The van der Waals surface area contributed by atoms with Gasteiger partial charge in [-0.3, -0.25) is 4.98 Å². The molecule has 0 unspecified atom stereocenters. The van der Waals surface area contributed by atoms with Crippen LogP contribution in [-0.4, -0.2) is 43.2 Å². The van der Waals surface area contributed by atoms with Crippen molar-refractivity contribution in [3.05, 3.63) is 23.4 Å². The van der Waals surface area contributed by atoms with Gasteiger partial charge in [0.05, 0.1) is 36.1 Å². The largest absolute Gasteiger partial charge is 0.493 e. The van der Waals surface area contributed by atoms with E-state index in [9.17, 15) is 0 Å². The third-order valence-electron chi connectivity index (χ3n) is 4.44. The van der Waals surface area contributed by atoms with Gasteiger partial charge in [-0.15, -0.1) is 0 Å². The van der Waals surface area contributed by atoms with Gasteiger partial charge < -0.3 is 20.1 Å². The molecule has 0 atom stereocenters. The third-order valence-corrected chi connectivity index (χ3v) is 4.86. The maximum absolute atomic E-state index is 6.25. The molecule has 1 saturated heterocycles. The number of nitrogen functional groups attached to an aromatic ring is 1. The minimum Gasteiger partial charge on any atom is -0.493 e. The minimum atomic E-state index is 0.460. The Bertz CT molecular complexity index is 702. The second kappa shape index (κ2) is 7.90. The first-order chi connectivity index (χ1) is 11.7. The number of aromatic nitrogens is 1. The van der Waals surface area contributed by atoms with Crippen LogP contribution in [0.25, 0.3) is 10.9 Å². The molecule has 5 nitrogen and oxygen atoms in total. The summed E-state index contributed by atoms with van der Waals surface area (Å²) in [5, 5.41) is 1.27. The predicted molar refractivity (Wildman–Crippen MR) is 98.1 cm³/mol. The number of benzene rings is 1. The summed E-state index contributed by atoms with van der Waals surface area (Å²) in [5.74, 6) is 1.34. The van der Waals surface area contributed by atoms with Gasteiger partial charge in [0.1, 0.15) is 0 Å². The normalized spacial score (nSPS) is 15.6. The molecule has 1 aliphatic rings. The molecule has 0 spiro atoms. The Kier molecular flexibility index (Phi) is 5.63. The average molecular weight is 350 g/mol. The molecule has 0 radical (unpaired) electrons. The number of anilines is 1. The van der Waals surface area contributed by atoms with Crippen molar-refractivity contribution >= 4 is 28.2 Å². The fourth-order valence-electron chi connectivity index (χ4n) is 3.11. The van der Waals surface area contributed by atoms with E-state index in [1.54, 1.807) is 13.3 Å². The van der Waals surface area contributed by atoms with Gasteiger partial charge in [-0.2, -0.15) is 0 Å². The summed E-state index contributed by atoms with van der Waals surface area (Å²) in [6.45, 7) is 4.16. The van der Waals surface area contributed by atoms with Crippen molar-refractivity contribution in [1.29, 1.82) is 0 Å². The van der Waals surface area contributed by atoms with E-state index in [2.05, 4.69) is 9.88 Å². The molecule has 2 aromatic rings. The third kappa shape index (κ3) is 3.84. The monoisotopic (exact) mass is 349 g/mol. The van der Waals surface area contributed by atoms with Crippen LogP contribution in [0.3, 0.4) is 0 Å². The summed E-state index contributed by atoms with van der Waals surface area (Å²) in [6.07, 6.45) is 6.56. The molecule has 1 aromatic carbocycles. The summed E-state index contributed by atoms with van der Waals surface area (Å²) < 4.78 is 11.4. The first kappa shape index (κ1) is 17.1. The molecule has 1 fully saturated rings. The first-order valence-electron chi connectivity index (χ1n) is 8.46. The molecule has 3 rings (SSSR count). The molecular formula is C18H24ClN3O2. The Balaban J connectivity index is 1.66. The lowest BCUT2D eigenvalue weighted by atomic mass is 10.1. The lowest BCUT2D eigenvalue weighted by Gasteiger charge is -2.26. The number of fused-ring (bicyclic) bond motifs is 1. The number of rotatable bonds is 6. The van der Waals surface area contributed by atoms with Gasteiger partial charge in [0.25, 0.3) is 0 Å². The Morgan fingerprint density at radius 1 is 1.21 bits per heavy atom. The van der Waals surface area contributed by atoms with Gasteiger partial charge in [-0.25, -0.2) is 0 Å². The number of nitrogens with two attached hydrogens (primary N) is 1. The van der Waals surface area contributed by atoms with Gasteiger partial charge in [-0.1, -0.05) is 18.0 Å². The van der Waals surface area contributed by atoms with E-state index in [-0.39, 0.29) is 0 Å². The van der Waals surface area contributed by atoms with E-state index in [1.165, 1.54) is 32.4 Å². The van der Waals surface area contributed by atoms with E-state index < -0.39 is 0 Å². The van der Waals surface area contributed by atoms with Crippen LogP contribution in [0.15, 0.2) is 18.3 Å². The number of hydrogen-bond donors (Lipinski definition) is 1. The Hall–Kier alpha value is -1.72. The van der Waals surface area contributed by atoms with E-state index >= 15 is 0 Å². The molecule has 6 heteroatoms. The highest BCUT2D eigenvalue weighted by Crippen LogP contribution is 2.36. The fraction of sp³-hybridized carbons (Fsp3) is 0.500. The van der Waals surface area contributed by atoms with E-state index in [0.29, 0.717) is 28.8 Å². The number of pyridine rings is 1. The quantitative estimate of drug-likeness (QED) is 0.805. The number of piperidine rings is 1. The molecule has 1 aliphatic heterocycles. The molecule has 2 N–H and O–H groups in total. The van der Waals surface area contributed by atoms with Crippen LogP contribution in [0.2, 0.25) is 5.02 Å². The van der Waals surface area contributed by atoms with Crippen LogP contribution in [-0.2, 0) is 0 Å². The van der Waals surface area contributed by atoms with E-state index in [0.717, 1.165) is 23.9 Å². The van der Waals surface area contributed by atoms with E-state index in [1.807, 2.05) is 12.1 Å². The lowest BCUT2D eigenvalue weighted by molar-refractivity contribution is 0.203. The van der Waals surface area contributed by atoms with Gasteiger partial charge in [0.15, 0.2) is 11.5 Å². The van der Waals surface area contributed by atoms with Crippen LogP contribution in [0.4, 0.5) is 5.69 Å². The van der Waals surface area contributed by atoms with E-state index in [4.69, 9.17) is 26.8 Å². The van der Waals surface area contributed by atoms with Crippen LogP contribution >= 0.6 is 11.6 Å². The number of ether oxygens (including phenoxy) is 2. The molecule has 0 saturated carbocycles. The first-order valence-corrected chi connectivity index (χ1v) is 8.83. The summed E-state index contributed by atoms with van der Waals surface area (Å²) in [7, 11) is 1.62. The number of nitrogens with zero attached hydrogens (tertiary/aromatic N) is 2. The highest BCUT2D eigenvalue weighted by molar-refractivity contribution is 6.37. The second-order valence-corrected chi connectivity index (χ2v) is 6.53. The molecule has 0 aliphatic carbocycles. The van der Waals surface area contributed by atoms with Crippen molar-refractivity contribution in [3.8, 4) is 11.5 Å². The summed E-state index contributed by atoms with van der Waals surface area (Å²) in [5.41, 5.74) is 7.02. The molecule has 1 aromatic heterocycles. The van der Waals surface area contributed by atoms with Crippen LogP contribution in [0.5, 0.6) is 11.5 Å². The van der Waals surface area contributed by atoms with Crippen LogP contribution in [0.1, 0.15) is 25.7 Å². The Morgan fingerprint density at radius 3 is 2.75 bits per heavy atom. The van der Waals surface area contributed by atoms with Gasteiger partial charge in [-0.05, 0) is 38.4 Å². The summed E-state index contributed by atoms with van der Waals surface area (Å²) in [6, 6.07) is 3.70. The van der Waals surface area contributed by atoms with Crippen molar-refractivity contribution in [1.82, 2.24) is 9.88 Å². The zero-order valence-electron chi connectivity index (χ0n) is 14.1. The zero-order valence-corrected chi connectivity index (χ0v) is 14.8. The number of methoxy groups -OCH3 is 1. The van der Waals surface area contributed by atoms with Gasteiger partial charge in [0.2, 0.25) is 0 Å². The maximum atomic E-state index is 6.25. The van der Waals surface area contributed by atoms with Gasteiger partial charge in [0, 0.05) is 18.0 Å². The number of halogens is 1. The molecule has 2 heterocycles. The van der Waals surface area contributed by atoms with Crippen LogP contribution in [0, 0.1) is 0 Å². The fourth-order valence-corrected chi connectivity index (χ4v) is 3.31. The predicted octanol–water partition coefficient (Wildman–Crippen LogP) is 3.73. The van der Waals surface area contributed by atoms with Crippen molar-refractivity contribution in [2.75, 3.05) is 39.1 Å². The maximum Gasteiger partial charge on any atom is 0.163 e. The smallest absolute Gasteiger partial charge is 0.163 e. The Labute approximate surface area is 147 Å². The van der Waals surface area contributed by atoms with Crippen LogP contribution < -0.4 is 15.2 Å². The molecule has 24 heavy (non-hydrogen) atoms. The molecule has 0 amide bonds. The molecule has 130 valence electrons.